The van der Waals surface area contributed by atoms with E-state index in [1.807, 2.05) is 25.1 Å². The fraction of sp³-hybridized carbons (Fsp3) is 0.481. The Labute approximate surface area is 200 Å². The Bertz CT molecular complexity index is 1150. The fourth-order valence-electron chi connectivity index (χ4n) is 4.70. The summed E-state index contributed by atoms with van der Waals surface area (Å²) >= 11 is 0. The molecule has 7 nitrogen and oxygen atoms in total. The van der Waals surface area contributed by atoms with Crippen molar-refractivity contribution < 1.29 is 13.9 Å². The number of rotatable bonds is 8. The van der Waals surface area contributed by atoms with Crippen LogP contribution in [0.2, 0.25) is 0 Å². The monoisotopic (exact) mass is 462 g/mol. The summed E-state index contributed by atoms with van der Waals surface area (Å²) in [5.41, 5.74) is 4.74. The van der Waals surface area contributed by atoms with Gasteiger partial charge in [-0.25, -0.2) is 0 Å². The molecule has 7 heteroatoms. The molecule has 1 aromatic heterocycles. The largest absolute Gasteiger partial charge is 0.494 e. The van der Waals surface area contributed by atoms with Crippen molar-refractivity contribution in [1.29, 1.82) is 0 Å². The summed E-state index contributed by atoms with van der Waals surface area (Å²) in [5, 5.41) is 6.48. The third kappa shape index (κ3) is 5.20. The smallest absolute Gasteiger partial charge is 0.295 e. The molecule has 180 valence electrons. The molecule has 2 aliphatic rings. The topological polar surface area (TPSA) is 79.6 Å². The van der Waals surface area contributed by atoms with Crippen LogP contribution in [0.4, 0.5) is 11.7 Å². The zero-order chi connectivity index (χ0) is 23.5. The van der Waals surface area contributed by atoms with E-state index in [-0.39, 0.29) is 11.8 Å². The maximum Gasteiger partial charge on any atom is 0.295 e. The molecule has 2 aromatic carbocycles. The number of piperidine rings is 1. The Hall–Kier alpha value is -3.06. The predicted octanol–water partition coefficient (Wildman–Crippen LogP) is 5.35. The number of fused-ring (bicyclic) bond motifs is 1. The van der Waals surface area contributed by atoms with Gasteiger partial charge in [-0.1, -0.05) is 18.6 Å². The molecular formula is C27H34N4O3. The first-order valence-electron chi connectivity index (χ1n) is 12.5. The van der Waals surface area contributed by atoms with E-state index in [0.717, 1.165) is 74.3 Å². The van der Waals surface area contributed by atoms with Gasteiger partial charge in [0.2, 0.25) is 5.91 Å². The molecule has 0 atom stereocenters. The molecule has 5 rings (SSSR count). The SMILES string of the molecule is CCOc1cc(CN2CCC(Nc3nc4cc(NC(=O)C5CCC5)ccc4o3)CC2)ccc1C. The minimum Gasteiger partial charge on any atom is -0.494 e. The van der Waals surface area contributed by atoms with Gasteiger partial charge in [0.25, 0.3) is 6.01 Å². The normalized spacial score (nSPS) is 17.5. The Morgan fingerprint density at radius 2 is 1.97 bits per heavy atom. The third-order valence-electron chi connectivity index (χ3n) is 7.00. The van der Waals surface area contributed by atoms with Gasteiger partial charge in [0, 0.05) is 37.3 Å². The number of nitrogens with zero attached hydrogens (tertiary/aromatic N) is 2. The molecule has 0 bridgehead atoms. The number of ether oxygens (including phenoxy) is 1. The number of anilines is 2. The zero-order valence-corrected chi connectivity index (χ0v) is 20.1. The summed E-state index contributed by atoms with van der Waals surface area (Å²) in [4.78, 5) is 19.3. The van der Waals surface area contributed by atoms with Gasteiger partial charge in [-0.2, -0.15) is 4.98 Å². The van der Waals surface area contributed by atoms with Crippen molar-refractivity contribution in [2.75, 3.05) is 30.3 Å². The predicted molar refractivity (Wildman–Crippen MR) is 134 cm³/mol. The molecule has 2 heterocycles. The van der Waals surface area contributed by atoms with Crippen LogP contribution in [0.25, 0.3) is 11.1 Å². The zero-order valence-electron chi connectivity index (χ0n) is 20.1. The van der Waals surface area contributed by atoms with Crippen LogP contribution in [-0.4, -0.2) is 41.5 Å². The van der Waals surface area contributed by atoms with E-state index < -0.39 is 0 Å². The number of amides is 1. The molecule has 1 aliphatic carbocycles. The lowest BCUT2D eigenvalue weighted by Crippen LogP contribution is -2.38. The molecule has 3 aromatic rings. The van der Waals surface area contributed by atoms with E-state index in [4.69, 9.17) is 9.15 Å². The molecule has 34 heavy (non-hydrogen) atoms. The van der Waals surface area contributed by atoms with E-state index in [1.165, 1.54) is 11.1 Å². The van der Waals surface area contributed by atoms with Crippen LogP contribution >= 0.6 is 0 Å². The summed E-state index contributed by atoms with van der Waals surface area (Å²) in [6.07, 6.45) is 5.20. The highest BCUT2D eigenvalue weighted by Crippen LogP contribution is 2.29. The molecule has 1 saturated heterocycles. The van der Waals surface area contributed by atoms with Crippen LogP contribution in [0.15, 0.2) is 40.8 Å². The second kappa shape index (κ2) is 10.1. The Kier molecular flexibility index (Phi) is 6.72. The van der Waals surface area contributed by atoms with Crippen molar-refractivity contribution in [3.63, 3.8) is 0 Å². The minimum absolute atomic E-state index is 0.110. The summed E-state index contributed by atoms with van der Waals surface area (Å²) in [6, 6.07) is 13.1. The van der Waals surface area contributed by atoms with Crippen molar-refractivity contribution in [3.8, 4) is 5.75 Å². The van der Waals surface area contributed by atoms with E-state index in [9.17, 15) is 4.79 Å². The van der Waals surface area contributed by atoms with Crippen LogP contribution in [0, 0.1) is 12.8 Å². The van der Waals surface area contributed by atoms with Crippen LogP contribution in [0.5, 0.6) is 5.75 Å². The van der Waals surface area contributed by atoms with Crippen molar-refractivity contribution >= 4 is 28.7 Å². The Balaban J connectivity index is 1.14. The first-order valence-corrected chi connectivity index (χ1v) is 12.5. The van der Waals surface area contributed by atoms with E-state index >= 15 is 0 Å². The van der Waals surface area contributed by atoms with Gasteiger partial charge >= 0.3 is 0 Å². The van der Waals surface area contributed by atoms with Gasteiger partial charge < -0.3 is 19.8 Å². The lowest BCUT2D eigenvalue weighted by atomic mass is 9.85. The van der Waals surface area contributed by atoms with E-state index in [0.29, 0.717) is 18.7 Å². The number of carbonyl (C=O) groups is 1. The average molecular weight is 463 g/mol. The minimum atomic E-state index is 0.110. The molecule has 1 aliphatic heterocycles. The number of aromatic nitrogens is 1. The lowest BCUT2D eigenvalue weighted by Gasteiger charge is -2.32. The van der Waals surface area contributed by atoms with Crippen molar-refractivity contribution in [1.82, 2.24) is 9.88 Å². The molecule has 2 N–H and O–H groups in total. The Morgan fingerprint density at radius 1 is 1.15 bits per heavy atom. The highest BCUT2D eigenvalue weighted by atomic mass is 16.5. The van der Waals surface area contributed by atoms with Gasteiger partial charge in [-0.05, 0) is 74.9 Å². The molecule has 0 radical (unpaired) electrons. The highest BCUT2D eigenvalue weighted by Gasteiger charge is 2.25. The summed E-state index contributed by atoms with van der Waals surface area (Å²) in [6.45, 7) is 7.77. The number of likely N-dealkylation sites (tertiary alicyclic amines) is 1. The van der Waals surface area contributed by atoms with E-state index in [1.54, 1.807) is 0 Å². The van der Waals surface area contributed by atoms with Crippen molar-refractivity contribution in [3.05, 3.63) is 47.5 Å². The lowest BCUT2D eigenvalue weighted by molar-refractivity contribution is -0.122. The number of hydrogen-bond acceptors (Lipinski definition) is 6. The first kappa shape index (κ1) is 22.7. The average Bonchev–Trinajstić information content (AvgIpc) is 3.18. The molecule has 1 saturated carbocycles. The molecule has 0 spiro atoms. The fourth-order valence-corrected chi connectivity index (χ4v) is 4.70. The van der Waals surface area contributed by atoms with Crippen molar-refractivity contribution in [2.45, 2.75) is 58.5 Å². The molecule has 2 fully saturated rings. The molecule has 0 unspecified atom stereocenters. The number of benzene rings is 2. The standard InChI is InChI=1S/C27H34N4O3/c1-3-33-25-15-19(8-7-18(25)2)17-31-13-11-21(12-14-31)29-27-30-23-16-22(9-10-24(23)34-27)28-26(32)20-5-4-6-20/h7-10,15-16,20-21H,3-6,11-14,17H2,1-2H3,(H,28,32)(H,29,30). The Morgan fingerprint density at radius 3 is 2.71 bits per heavy atom. The summed E-state index contributed by atoms with van der Waals surface area (Å²) in [5.74, 6) is 1.26. The van der Waals surface area contributed by atoms with Gasteiger partial charge in [0.05, 0.1) is 6.61 Å². The quantitative estimate of drug-likeness (QED) is 0.470. The van der Waals surface area contributed by atoms with Gasteiger partial charge in [-0.15, -0.1) is 0 Å². The first-order chi connectivity index (χ1) is 16.6. The van der Waals surface area contributed by atoms with Crippen LogP contribution in [0.3, 0.4) is 0 Å². The highest BCUT2D eigenvalue weighted by molar-refractivity contribution is 5.94. The van der Waals surface area contributed by atoms with Gasteiger partial charge in [0.15, 0.2) is 5.58 Å². The van der Waals surface area contributed by atoms with Crippen LogP contribution < -0.4 is 15.4 Å². The number of oxazole rings is 1. The molecular weight excluding hydrogens is 428 g/mol. The second-order valence-corrected chi connectivity index (χ2v) is 9.55. The van der Waals surface area contributed by atoms with Crippen LogP contribution in [0.1, 0.15) is 50.2 Å². The maximum absolute atomic E-state index is 12.2. The van der Waals surface area contributed by atoms with Crippen LogP contribution in [-0.2, 0) is 11.3 Å². The summed E-state index contributed by atoms with van der Waals surface area (Å²) < 4.78 is 11.7. The van der Waals surface area contributed by atoms with Crippen molar-refractivity contribution in [2.24, 2.45) is 5.92 Å². The third-order valence-corrected chi connectivity index (χ3v) is 7.00. The van der Waals surface area contributed by atoms with Gasteiger partial charge in [-0.3, -0.25) is 9.69 Å². The number of aryl methyl sites for hydroxylation is 1. The second-order valence-electron chi connectivity index (χ2n) is 9.55. The molecule has 1 amide bonds. The summed E-state index contributed by atoms with van der Waals surface area (Å²) in [7, 11) is 0. The van der Waals surface area contributed by atoms with Gasteiger partial charge in [0.1, 0.15) is 11.3 Å². The van der Waals surface area contributed by atoms with E-state index in [2.05, 4.69) is 45.6 Å². The number of nitrogens with one attached hydrogen (secondary N) is 2. The number of hydrogen-bond donors (Lipinski definition) is 2. The number of carbonyl (C=O) groups excluding carboxylic acids is 1. The maximum atomic E-state index is 12.2.